The number of alkyl halides is 3. The first-order valence-electron chi connectivity index (χ1n) is 7.76. The number of amides is 1. The average Bonchev–Trinajstić information content (AvgIpc) is 2.77. The second kappa shape index (κ2) is 6.76. The second-order valence-electron chi connectivity index (χ2n) is 6.26. The molecule has 1 amide bonds. The Balaban J connectivity index is 2.09. The van der Waals surface area contributed by atoms with Crippen LogP contribution >= 0.6 is 0 Å². The maximum Gasteiger partial charge on any atom is 0.389 e. The van der Waals surface area contributed by atoms with E-state index in [0.717, 1.165) is 32.1 Å². The Morgan fingerprint density at radius 3 is 2.18 bits per heavy atom. The second-order valence-corrected chi connectivity index (χ2v) is 8.49. The van der Waals surface area contributed by atoms with Crippen LogP contribution in [0, 0.1) is 0 Å². The lowest BCUT2D eigenvalue weighted by Crippen LogP contribution is -2.48. The molecule has 2 rings (SSSR count). The molecular weight excluding hydrogens is 319 g/mol. The minimum atomic E-state index is -4.37. The van der Waals surface area contributed by atoms with Gasteiger partial charge in [-0.15, -0.1) is 0 Å². The Morgan fingerprint density at radius 1 is 1.05 bits per heavy atom. The van der Waals surface area contributed by atoms with Crippen molar-refractivity contribution in [2.24, 2.45) is 0 Å². The molecule has 1 atom stereocenters. The van der Waals surface area contributed by atoms with Gasteiger partial charge in [-0.05, 0) is 19.3 Å². The van der Waals surface area contributed by atoms with Crippen LogP contribution in [0.2, 0.25) is 0 Å². The fraction of sp³-hybridized carbons (Fsp3) is 0.929. The molecule has 22 heavy (non-hydrogen) atoms. The number of hydrogen-bond acceptors (Lipinski definition) is 3. The molecule has 2 fully saturated rings. The van der Waals surface area contributed by atoms with Crippen molar-refractivity contribution in [1.82, 2.24) is 4.90 Å². The standard InChI is InChI=1S/C14H22F3NO3S/c15-14(16,17)8-6-13(19)18(11-4-2-1-3-5-11)12-7-9-22(20,21)10-12/h11-12H,1-10H2/t12-/m1/s1. The summed E-state index contributed by atoms with van der Waals surface area (Å²) < 4.78 is 60.4. The summed E-state index contributed by atoms with van der Waals surface area (Å²) >= 11 is 0. The van der Waals surface area contributed by atoms with Crippen molar-refractivity contribution in [3.63, 3.8) is 0 Å². The molecule has 0 bridgehead atoms. The molecule has 0 spiro atoms. The monoisotopic (exact) mass is 341 g/mol. The Hall–Kier alpha value is -0.790. The van der Waals surface area contributed by atoms with Gasteiger partial charge in [0.05, 0.1) is 17.9 Å². The van der Waals surface area contributed by atoms with E-state index in [2.05, 4.69) is 0 Å². The summed E-state index contributed by atoms with van der Waals surface area (Å²) in [6, 6.07) is -0.554. The molecule has 1 saturated heterocycles. The number of nitrogens with zero attached hydrogens (tertiary/aromatic N) is 1. The summed E-state index contributed by atoms with van der Waals surface area (Å²) in [5, 5.41) is 0. The van der Waals surface area contributed by atoms with E-state index in [-0.39, 0.29) is 17.5 Å². The fourth-order valence-electron chi connectivity index (χ4n) is 3.44. The van der Waals surface area contributed by atoms with Crippen molar-refractivity contribution in [2.75, 3.05) is 11.5 Å². The van der Waals surface area contributed by atoms with Crippen LogP contribution in [-0.4, -0.2) is 49.0 Å². The molecule has 1 aliphatic carbocycles. The maximum absolute atomic E-state index is 12.4. The van der Waals surface area contributed by atoms with Gasteiger partial charge in [0.15, 0.2) is 9.84 Å². The van der Waals surface area contributed by atoms with Crippen LogP contribution in [0.4, 0.5) is 13.2 Å². The Labute approximate surface area is 129 Å². The average molecular weight is 341 g/mol. The van der Waals surface area contributed by atoms with E-state index in [4.69, 9.17) is 0 Å². The molecule has 0 aromatic heterocycles. The normalized spacial score (nSPS) is 26.0. The zero-order valence-corrected chi connectivity index (χ0v) is 13.3. The lowest BCUT2D eigenvalue weighted by atomic mass is 9.92. The van der Waals surface area contributed by atoms with Crippen LogP contribution in [0.15, 0.2) is 0 Å². The Bertz CT molecular complexity index is 498. The quantitative estimate of drug-likeness (QED) is 0.790. The molecule has 4 nitrogen and oxygen atoms in total. The summed E-state index contributed by atoms with van der Waals surface area (Å²) in [5.41, 5.74) is 0. The topological polar surface area (TPSA) is 54.5 Å². The molecule has 0 radical (unpaired) electrons. The minimum Gasteiger partial charge on any atom is -0.336 e. The molecule has 1 heterocycles. The summed E-state index contributed by atoms with van der Waals surface area (Å²) in [5.74, 6) is -0.638. The van der Waals surface area contributed by atoms with Gasteiger partial charge < -0.3 is 4.90 Å². The van der Waals surface area contributed by atoms with Crippen LogP contribution < -0.4 is 0 Å². The number of carbonyl (C=O) groups is 1. The zero-order valence-electron chi connectivity index (χ0n) is 12.4. The fourth-order valence-corrected chi connectivity index (χ4v) is 5.15. The number of rotatable bonds is 4. The third-order valence-corrected chi connectivity index (χ3v) is 6.23. The molecule has 1 saturated carbocycles. The molecule has 1 aliphatic heterocycles. The molecule has 0 unspecified atom stereocenters. The van der Waals surface area contributed by atoms with Gasteiger partial charge in [-0.1, -0.05) is 19.3 Å². The van der Waals surface area contributed by atoms with E-state index in [9.17, 15) is 26.4 Å². The van der Waals surface area contributed by atoms with E-state index in [1.54, 1.807) is 0 Å². The highest BCUT2D eigenvalue weighted by Gasteiger charge is 2.39. The SMILES string of the molecule is O=C(CCC(F)(F)F)N(C1CCCCC1)[C@@H]1CCS(=O)(=O)C1. The first kappa shape index (κ1) is 17.6. The van der Waals surface area contributed by atoms with Gasteiger partial charge in [-0.3, -0.25) is 4.79 Å². The maximum atomic E-state index is 12.4. The molecular formula is C14H22F3NO3S. The molecule has 0 aromatic carbocycles. The third-order valence-electron chi connectivity index (χ3n) is 4.48. The first-order valence-corrected chi connectivity index (χ1v) is 9.58. The number of halogens is 3. The van der Waals surface area contributed by atoms with Gasteiger partial charge >= 0.3 is 6.18 Å². The minimum absolute atomic E-state index is 0.0213. The van der Waals surface area contributed by atoms with Crippen LogP contribution in [0.5, 0.6) is 0 Å². The Kier molecular flexibility index (Phi) is 5.40. The summed E-state index contributed by atoms with van der Waals surface area (Å²) in [4.78, 5) is 13.8. The number of hydrogen-bond donors (Lipinski definition) is 0. The molecule has 2 aliphatic rings. The van der Waals surface area contributed by atoms with E-state index in [0.29, 0.717) is 6.42 Å². The van der Waals surface area contributed by atoms with Crippen molar-refractivity contribution in [3.8, 4) is 0 Å². The summed E-state index contributed by atoms with van der Waals surface area (Å²) in [7, 11) is -3.17. The highest BCUT2D eigenvalue weighted by Crippen LogP contribution is 2.30. The van der Waals surface area contributed by atoms with Crippen molar-refractivity contribution < 1.29 is 26.4 Å². The predicted molar refractivity (Wildman–Crippen MR) is 76.1 cm³/mol. The molecule has 128 valence electrons. The zero-order chi connectivity index (χ0) is 16.4. The van der Waals surface area contributed by atoms with Crippen LogP contribution in [-0.2, 0) is 14.6 Å². The van der Waals surface area contributed by atoms with Crippen LogP contribution in [0.1, 0.15) is 51.4 Å². The van der Waals surface area contributed by atoms with Crippen LogP contribution in [0.3, 0.4) is 0 Å². The van der Waals surface area contributed by atoms with Crippen molar-refractivity contribution in [1.29, 1.82) is 0 Å². The van der Waals surface area contributed by atoms with Crippen molar-refractivity contribution >= 4 is 15.7 Å². The van der Waals surface area contributed by atoms with Gasteiger partial charge in [-0.25, -0.2) is 8.42 Å². The van der Waals surface area contributed by atoms with Gasteiger partial charge in [0, 0.05) is 18.5 Å². The molecule has 8 heteroatoms. The number of carbonyl (C=O) groups excluding carboxylic acids is 1. The van der Waals surface area contributed by atoms with E-state index < -0.39 is 40.8 Å². The molecule has 0 N–H and O–H groups in total. The van der Waals surface area contributed by atoms with E-state index >= 15 is 0 Å². The highest BCUT2D eigenvalue weighted by atomic mass is 32.2. The predicted octanol–water partition coefficient (Wildman–Crippen LogP) is 2.68. The van der Waals surface area contributed by atoms with Crippen molar-refractivity contribution in [3.05, 3.63) is 0 Å². The summed E-state index contributed by atoms with van der Waals surface area (Å²) in [6.07, 6.45) is -1.30. The molecule has 0 aromatic rings. The lowest BCUT2D eigenvalue weighted by Gasteiger charge is -2.38. The van der Waals surface area contributed by atoms with Crippen molar-refractivity contribution in [2.45, 2.75) is 69.6 Å². The van der Waals surface area contributed by atoms with Gasteiger partial charge in [0.25, 0.3) is 0 Å². The van der Waals surface area contributed by atoms with Gasteiger partial charge in [-0.2, -0.15) is 13.2 Å². The highest BCUT2D eigenvalue weighted by molar-refractivity contribution is 7.91. The van der Waals surface area contributed by atoms with E-state index in [1.165, 1.54) is 4.90 Å². The van der Waals surface area contributed by atoms with E-state index in [1.807, 2.05) is 0 Å². The summed E-state index contributed by atoms with van der Waals surface area (Å²) in [6.45, 7) is 0. The first-order chi connectivity index (χ1) is 10.2. The smallest absolute Gasteiger partial charge is 0.336 e. The third kappa shape index (κ3) is 4.86. The largest absolute Gasteiger partial charge is 0.389 e. The lowest BCUT2D eigenvalue weighted by molar-refractivity contribution is -0.152. The van der Waals surface area contributed by atoms with Crippen LogP contribution in [0.25, 0.3) is 0 Å². The Morgan fingerprint density at radius 2 is 1.68 bits per heavy atom. The number of sulfone groups is 1. The van der Waals surface area contributed by atoms with Gasteiger partial charge in [0.1, 0.15) is 0 Å². The van der Waals surface area contributed by atoms with Gasteiger partial charge in [0.2, 0.25) is 5.91 Å².